The second kappa shape index (κ2) is 7.13. The number of benzene rings is 2. The van der Waals surface area contributed by atoms with Gasteiger partial charge < -0.3 is 0 Å². The predicted molar refractivity (Wildman–Crippen MR) is 92.2 cm³/mol. The highest BCUT2D eigenvalue weighted by molar-refractivity contribution is 8.08. The number of nitrogens with zero attached hydrogens (tertiary/aromatic N) is 1. The molecule has 1 unspecified atom stereocenters. The van der Waals surface area contributed by atoms with Gasteiger partial charge >= 0.3 is 0 Å². The highest BCUT2D eigenvalue weighted by Crippen LogP contribution is 2.31. The van der Waals surface area contributed by atoms with Gasteiger partial charge in [0.25, 0.3) is 10.0 Å². The molecule has 5 heteroatoms. The highest BCUT2D eigenvalue weighted by Gasteiger charge is 2.29. The van der Waals surface area contributed by atoms with Gasteiger partial charge in [0.15, 0.2) is 0 Å². The Labute approximate surface area is 136 Å². The van der Waals surface area contributed by atoms with Gasteiger partial charge in [-0.15, -0.1) is 10.3 Å². The van der Waals surface area contributed by atoms with Crippen LogP contribution in [-0.2, 0) is 10.0 Å². The van der Waals surface area contributed by atoms with Gasteiger partial charge in [-0.25, -0.2) is 8.42 Å². The Morgan fingerprint density at radius 3 is 2.23 bits per heavy atom. The van der Waals surface area contributed by atoms with Crippen molar-refractivity contribution in [2.45, 2.75) is 29.7 Å². The zero-order valence-corrected chi connectivity index (χ0v) is 14.3. The summed E-state index contributed by atoms with van der Waals surface area (Å²) in [4.78, 5) is 1.15. The summed E-state index contributed by atoms with van der Waals surface area (Å²) in [6.07, 6.45) is 1.63. The molecule has 2 aromatic rings. The van der Waals surface area contributed by atoms with Gasteiger partial charge in [0.05, 0.1) is 10.9 Å². The van der Waals surface area contributed by atoms with Crippen LogP contribution in [-0.4, -0.2) is 18.2 Å². The van der Waals surface area contributed by atoms with Crippen LogP contribution in [0.25, 0.3) is 0 Å². The second-order valence-corrected chi connectivity index (χ2v) is 8.05. The molecule has 0 saturated carbocycles. The maximum absolute atomic E-state index is 12.9. The minimum atomic E-state index is -3.60. The third kappa shape index (κ3) is 3.80. The third-order valence-corrected chi connectivity index (χ3v) is 6.65. The van der Waals surface area contributed by atoms with Crippen molar-refractivity contribution in [3.63, 3.8) is 0 Å². The lowest BCUT2D eigenvalue weighted by atomic mass is 10.2. The van der Waals surface area contributed by atoms with Crippen LogP contribution in [0, 0.1) is 6.92 Å². The third-order valence-electron chi connectivity index (χ3n) is 3.17. The van der Waals surface area contributed by atoms with E-state index in [1.807, 2.05) is 44.2 Å². The number of hydrogen-bond acceptors (Lipinski definition) is 3. The second-order valence-electron chi connectivity index (χ2n) is 4.95. The number of hydrogen-bond donors (Lipinski definition) is 0. The summed E-state index contributed by atoms with van der Waals surface area (Å²) in [6.45, 7) is 7.47. The quantitative estimate of drug-likeness (QED) is 0.585. The van der Waals surface area contributed by atoms with Crippen molar-refractivity contribution in [3.8, 4) is 0 Å². The fourth-order valence-corrected chi connectivity index (χ4v) is 4.70. The first-order chi connectivity index (χ1) is 10.4. The number of rotatable bonds is 6. The monoisotopic (exact) mass is 333 g/mol. The average molecular weight is 333 g/mol. The lowest BCUT2D eigenvalue weighted by Gasteiger charge is -2.25. The molecule has 0 radical (unpaired) electrons. The molecule has 0 N–H and O–H groups in total. The lowest BCUT2D eigenvalue weighted by Crippen LogP contribution is -2.31. The Kier molecular flexibility index (Phi) is 5.45. The van der Waals surface area contributed by atoms with E-state index in [-0.39, 0.29) is 10.9 Å². The van der Waals surface area contributed by atoms with Crippen LogP contribution in [0.3, 0.4) is 0 Å². The minimum absolute atomic E-state index is 0.287. The van der Waals surface area contributed by atoms with Crippen molar-refractivity contribution in [2.24, 2.45) is 0 Å². The molecule has 1 atom stereocenters. The Morgan fingerprint density at radius 2 is 1.68 bits per heavy atom. The van der Waals surface area contributed by atoms with Gasteiger partial charge in [-0.2, -0.15) is 0 Å². The number of sulfonamides is 1. The fourth-order valence-electron chi connectivity index (χ4n) is 1.84. The van der Waals surface area contributed by atoms with Crippen LogP contribution in [0.15, 0.2) is 77.0 Å². The molecule has 0 aromatic heterocycles. The predicted octanol–water partition coefficient (Wildman–Crippen LogP) is 4.27. The zero-order valence-electron chi connectivity index (χ0n) is 12.6. The molecule has 0 amide bonds. The molecule has 22 heavy (non-hydrogen) atoms. The largest absolute Gasteiger partial charge is 0.253 e. The SMILES string of the molecule is C=CC(C)N(Sc1ccccc1)S(=O)(=O)c1ccc(C)cc1. The van der Waals surface area contributed by atoms with E-state index >= 15 is 0 Å². The molecule has 2 aromatic carbocycles. The molecule has 116 valence electrons. The highest BCUT2D eigenvalue weighted by atomic mass is 32.3. The van der Waals surface area contributed by atoms with E-state index in [4.69, 9.17) is 0 Å². The van der Waals surface area contributed by atoms with Crippen LogP contribution >= 0.6 is 11.9 Å². The molecular formula is C17H19NO2S2. The summed E-state index contributed by atoms with van der Waals surface area (Å²) in [5.74, 6) is 0. The smallest absolute Gasteiger partial charge is 0.206 e. The number of aryl methyl sites for hydroxylation is 1. The van der Waals surface area contributed by atoms with Crippen molar-refractivity contribution in [1.82, 2.24) is 3.71 Å². The van der Waals surface area contributed by atoms with E-state index in [0.717, 1.165) is 10.5 Å². The molecule has 2 rings (SSSR count). The van der Waals surface area contributed by atoms with Gasteiger partial charge in [-0.1, -0.05) is 42.0 Å². The van der Waals surface area contributed by atoms with E-state index in [0.29, 0.717) is 0 Å². The Bertz CT molecular complexity index is 725. The molecule has 0 aliphatic carbocycles. The average Bonchev–Trinajstić information content (AvgIpc) is 2.53. The van der Waals surface area contributed by atoms with Gasteiger partial charge in [-0.05, 0) is 50.1 Å². The Morgan fingerprint density at radius 1 is 1.09 bits per heavy atom. The van der Waals surface area contributed by atoms with Gasteiger partial charge in [0.1, 0.15) is 0 Å². The molecule has 0 aliphatic rings. The Hall–Kier alpha value is -1.56. The molecule has 3 nitrogen and oxygen atoms in total. The minimum Gasteiger partial charge on any atom is -0.206 e. The maximum Gasteiger partial charge on any atom is 0.253 e. The van der Waals surface area contributed by atoms with Gasteiger partial charge in [0, 0.05) is 4.90 Å². The van der Waals surface area contributed by atoms with Crippen molar-refractivity contribution in [3.05, 3.63) is 72.8 Å². The Balaban J connectivity index is 2.39. The van der Waals surface area contributed by atoms with E-state index in [1.165, 1.54) is 15.7 Å². The summed E-state index contributed by atoms with van der Waals surface area (Å²) >= 11 is 1.20. The van der Waals surface area contributed by atoms with Crippen molar-refractivity contribution in [2.75, 3.05) is 0 Å². The normalized spacial score (nSPS) is 13.0. The molecule has 0 bridgehead atoms. The van der Waals surface area contributed by atoms with Crippen LogP contribution in [0.4, 0.5) is 0 Å². The van der Waals surface area contributed by atoms with Crippen molar-refractivity contribution < 1.29 is 8.42 Å². The molecule has 0 fully saturated rings. The van der Waals surface area contributed by atoms with Crippen LogP contribution in [0.5, 0.6) is 0 Å². The topological polar surface area (TPSA) is 37.4 Å². The van der Waals surface area contributed by atoms with Crippen LogP contribution in [0.1, 0.15) is 12.5 Å². The van der Waals surface area contributed by atoms with E-state index in [2.05, 4.69) is 6.58 Å². The summed E-state index contributed by atoms with van der Waals surface area (Å²) in [6, 6.07) is 16.0. The van der Waals surface area contributed by atoms with E-state index in [9.17, 15) is 8.42 Å². The summed E-state index contributed by atoms with van der Waals surface area (Å²) in [5.41, 5.74) is 1.03. The van der Waals surface area contributed by atoms with Crippen molar-refractivity contribution >= 4 is 22.0 Å². The zero-order chi connectivity index (χ0) is 16.2. The molecule has 0 aliphatic heterocycles. The maximum atomic E-state index is 12.9. The van der Waals surface area contributed by atoms with Crippen LogP contribution < -0.4 is 0 Å². The summed E-state index contributed by atoms with van der Waals surface area (Å²) in [7, 11) is -3.60. The lowest BCUT2D eigenvalue weighted by molar-refractivity contribution is 0.522. The van der Waals surface area contributed by atoms with Gasteiger partial charge in [0.2, 0.25) is 0 Å². The summed E-state index contributed by atoms with van der Waals surface area (Å²) in [5, 5.41) is 0. The molecular weight excluding hydrogens is 314 g/mol. The molecule has 0 heterocycles. The molecule has 0 spiro atoms. The van der Waals surface area contributed by atoms with E-state index < -0.39 is 10.0 Å². The first-order valence-corrected chi connectivity index (χ1v) is 9.13. The van der Waals surface area contributed by atoms with Crippen molar-refractivity contribution in [1.29, 1.82) is 0 Å². The van der Waals surface area contributed by atoms with Gasteiger partial charge in [-0.3, -0.25) is 0 Å². The van der Waals surface area contributed by atoms with E-state index in [1.54, 1.807) is 30.3 Å². The standard InChI is InChI=1S/C17H19NO2S2/c1-4-15(3)18(21-16-8-6-5-7-9-16)22(19,20)17-12-10-14(2)11-13-17/h4-13,15H,1H2,2-3H3. The first kappa shape index (κ1) is 16.8. The molecule has 0 saturated heterocycles. The van der Waals surface area contributed by atoms with Crippen LogP contribution in [0.2, 0.25) is 0 Å². The summed E-state index contributed by atoms with van der Waals surface area (Å²) < 4.78 is 27.2. The first-order valence-electron chi connectivity index (χ1n) is 6.92. The fraction of sp³-hybridized carbons (Fsp3) is 0.176.